The van der Waals surface area contributed by atoms with Gasteiger partial charge in [0.2, 0.25) is 0 Å². The van der Waals surface area contributed by atoms with Crippen LogP contribution in [0.5, 0.6) is 0 Å². The lowest BCUT2D eigenvalue weighted by molar-refractivity contribution is 0.120. The minimum absolute atomic E-state index is 0.121. The van der Waals surface area contributed by atoms with Crippen molar-refractivity contribution in [2.75, 3.05) is 19.6 Å². The monoisotopic (exact) mass is 386 g/mol. The van der Waals surface area contributed by atoms with E-state index in [1.54, 1.807) is 0 Å². The summed E-state index contributed by atoms with van der Waals surface area (Å²) in [6.07, 6.45) is 9.10. The summed E-state index contributed by atoms with van der Waals surface area (Å²) in [6.45, 7) is 7.17. The van der Waals surface area contributed by atoms with Crippen molar-refractivity contribution in [1.82, 2.24) is 15.5 Å². The van der Waals surface area contributed by atoms with Crippen LogP contribution in [0.15, 0.2) is 29.3 Å². The number of guanidine groups is 1. The highest BCUT2D eigenvalue weighted by Gasteiger charge is 2.20. The highest BCUT2D eigenvalue weighted by Crippen LogP contribution is 2.18. The van der Waals surface area contributed by atoms with Gasteiger partial charge in [-0.05, 0) is 69.7 Å². The summed E-state index contributed by atoms with van der Waals surface area (Å²) >= 11 is 0. The third-order valence-electron chi connectivity index (χ3n) is 5.90. The molecule has 1 aliphatic heterocycles. The first-order chi connectivity index (χ1) is 13.7. The van der Waals surface area contributed by atoms with Gasteiger partial charge in [-0.15, -0.1) is 0 Å². The first kappa shape index (κ1) is 21.1. The summed E-state index contributed by atoms with van der Waals surface area (Å²) in [5, 5.41) is 16.6. The first-order valence-corrected chi connectivity index (χ1v) is 11.3. The maximum Gasteiger partial charge on any atom is 0.191 e. The van der Waals surface area contributed by atoms with E-state index in [1.165, 1.54) is 49.9 Å². The molecule has 1 aliphatic carbocycles. The Balaban J connectivity index is 1.55. The van der Waals surface area contributed by atoms with Gasteiger partial charge in [0.25, 0.3) is 0 Å². The molecule has 5 heteroatoms. The molecule has 1 aromatic rings. The topological polar surface area (TPSA) is 59.9 Å². The number of hydrogen-bond acceptors (Lipinski definition) is 3. The molecule has 0 bridgehead atoms. The van der Waals surface area contributed by atoms with Crippen LogP contribution in [0.1, 0.15) is 69.4 Å². The Hall–Kier alpha value is -1.59. The quantitative estimate of drug-likeness (QED) is 0.518. The summed E-state index contributed by atoms with van der Waals surface area (Å²) < 4.78 is 0. The molecule has 3 rings (SSSR count). The number of aliphatic imine (C=N–C) groups is 1. The molecule has 2 fully saturated rings. The Morgan fingerprint density at radius 3 is 2.50 bits per heavy atom. The molecular weight excluding hydrogens is 348 g/mol. The van der Waals surface area contributed by atoms with Gasteiger partial charge in [0, 0.05) is 19.1 Å². The maximum atomic E-state index is 9.70. The average Bonchev–Trinajstić information content (AvgIpc) is 2.97. The van der Waals surface area contributed by atoms with Crippen molar-refractivity contribution in [3.05, 3.63) is 35.4 Å². The molecule has 0 amide bonds. The fourth-order valence-electron chi connectivity index (χ4n) is 4.28. The molecule has 0 radical (unpaired) electrons. The number of hydrogen-bond donors (Lipinski definition) is 3. The van der Waals surface area contributed by atoms with Gasteiger partial charge in [-0.25, -0.2) is 4.99 Å². The Labute approximate surface area is 170 Å². The fraction of sp³-hybridized carbons (Fsp3) is 0.696. The molecule has 0 spiro atoms. The van der Waals surface area contributed by atoms with E-state index in [0.717, 1.165) is 44.7 Å². The van der Waals surface area contributed by atoms with E-state index in [4.69, 9.17) is 4.99 Å². The number of nitrogens with one attached hydrogen (secondary N) is 2. The third-order valence-corrected chi connectivity index (χ3v) is 5.90. The molecule has 1 saturated heterocycles. The first-order valence-electron chi connectivity index (χ1n) is 11.3. The minimum atomic E-state index is -0.121. The Morgan fingerprint density at radius 1 is 1.07 bits per heavy atom. The van der Waals surface area contributed by atoms with Crippen LogP contribution in [0.2, 0.25) is 0 Å². The molecule has 0 aromatic heterocycles. The lowest BCUT2D eigenvalue weighted by Gasteiger charge is -2.27. The number of nitrogens with zero attached hydrogens (tertiary/aromatic N) is 2. The van der Waals surface area contributed by atoms with Gasteiger partial charge < -0.3 is 15.7 Å². The maximum absolute atomic E-state index is 9.70. The number of aliphatic hydroxyl groups excluding tert-OH is 1. The van der Waals surface area contributed by atoms with Crippen molar-refractivity contribution in [3.63, 3.8) is 0 Å². The summed E-state index contributed by atoms with van der Waals surface area (Å²) in [7, 11) is 0. The van der Waals surface area contributed by atoms with Crippen LogP contribution in [0.3, 0.4) is 0 Å². The van der Waals surface area contributed by atoms with Gasteiger partial charge in [-0.3, -0.25) is 4.90 Å². The molecule has 1 heterocycles. The summed E-state index contributed by atoms with van der Waals surface area (Å²) in [5.41, 5.74) is 2.66. The van der Waals surface area contributed by atoms with E-state index in [0.29, 0.717) is 12.6 Å². The van der Waals surface area contributed by atoms with Crippen molar-refractivity contribution < 1.29 is 5.11 Å². The van der Waals surface area contributed by atoms with Crippen LogP contribution in [-0.4, -0.2) is 47.7 Å². The molecule has 0 atom stereocenters. The van der Waals surface area contributed by atoms with Crippen LogP contribution >= 0.6 is 0 Å². The summed E-state index contributed by atoms with van der Waals surface area (Å²) in [4.78, 5) is 7.41. The smallest absolute Gasteiger partial charge is 0.191 e. The summed E-state index contributed by atoms with van der Waals surface area (Å²) in [5.74, 6) is 0.891. The van der Waals surface area contributed by atoms with Crippen LogP contribution < -0.4 is 10.6 Å². The number of rotatable bonds is 6. The van der Waals surface area contributed by atoms with Crippen molar-refractivity contribution in [3.8, 4) is 0 Å². The second kappa shape index (κ2) is 11.4. The average molecular weight is 387 g/mol. The van der Waals surface area contributed by atoms with Gasteiger partial charge in [0.05, 0.1) is 12.6 Å². The largest absolute Gasteiger partial charge is 0.393 e. The predicted octanol–water partition coefficient (Wildman–Crippen LogP) is 3.42. The third kappa shape index (κ3) is 7.10. The van der Waals surface area contributed by atoms with Crippen molar-refractivity contribution in [2.45, 2.75) is 83.5 Å². The minimum Gasteiger partial charge on any atom is -0.393 e. The molecule has 1 saturated carbocycles. The molecule has 3 N–H and O–H groups in total. The number of aliphatic hydroxyl groups is 1. The van der Waals surface area contributed by atoms with Gasteiger partial charge in [0.15, 0.2) is 5.96 Å². The van der Waals surface area contributed by atoms with E-state index in [1.807, 2.05) is 0 Å². The van der Waals surface area contributed by atoms with Gasteiger partial charge in [-0.2, -0.15) is 0 Å². The van der Waals surface area contributed by atoms with Crippen LogP contribution in [0.4, 0.5) is 0 Å². The van der Waals surface area contributed by atoms with E-state index >= 15 is 0 Å². The van der Waals surface area contributed by atoms with Gasteiger partial charge >= 0.3 is 0 Å². The lowest BCUT2D eigenvalue weighted by Crippen LogP contribution is -2.45. The zero-order valence-electron chi connectivity index (χ0n) is 17.5. The van der Waals surface area contributed by atoms with Crippen molar-refractivity contribution in [1.29, 1.82) is 0 Å². The fourth-order valence-corrected chi connectivity index (χ4v) is 4.28. The Morgan fingerprint density at radius 2 is 1.79 bits per heavy atom. The Kier molecular flexibility index (Phi) is 8.62. The molecular formula is C23H38N4O. The standard InChI is InChI=1S/C23H38N4O/c1-2-24-23(26-21-10-12-22(28)13-11-21)25-17-19-8-7-9-20(16-19)18-27-14-5-3-4-6-15-27/h7-9,16,21-22,28H,2-6,10-15,17-18H2,1H3,(H2,24,25,26). The molecule has 28 heavy (non-hydrogen) atoms. The van der Waals surface area contributed by atoms with Crippen LogP contribution in [-0.2, 0) is 13.1 Å². The second-order valence-corrected chi connectivity index (χ2v) is 8.36. The van der Waals surface area contributed by atoms with Gasteiger partial charge in [0.1, 0.15) is 0 Å². The van der Waals surface area contributed by atoms with E-state index in [2.05, 4.69) is 46.7 Å². The zero-order chi connectivity index (χ0) is 19.6. The predicted molar refractivity (Wildman–Crippen MR) is 116 cm³/mol. The molecule has 156 valence electrons. The highest BCUT2D eigenvalue weighted by atomic mass is 16.3. The zero-order valence-corrected chi connectivity index (χ0v) is 17.5. The Bertz CT molecular complexity index is 602. The number of likely N-dealkylation sites (tertiary alicyclic amines) is 1. The van der Waals surface area contributed by atoms with E-state index < -0.39 is 0 Å². The molecule has 2 aliphatic rings. The van der Waals surface area contributed by atoms with Crippen LogP contribution in [0.25, 0.3) is 0 Å². The van der Waals surface area contributed by atoms with Gasteiger partial charge in [-0.1, -0.05) is 37.1 Å². The molecule has 1 aromatic carbocycles. The number of benzene rings is 1. The van der Waals surface area contributed by atoms with E-state index in [-0.39, 0.29) is 6.10 Å². The van der Waals surface area contributed by atoms with Crippen molar-refractivity contribution in [2.24, 2.45) is 4.99 Å². The highest BCUT2D eigenvalue weighted by molar-refractivity contribution is 5.80. The normalized spacial score (nSPS) is 24.6. The second-order valence-electron chi connectivity index (χ2n) is 8.36. The van der Waals surface area contributed by atoms with E-state index in [9.17, 15) is 5.11 Å². The SMILES string of the molecule is CCNC(=NCc1cccc(CN2CCCCCC2)c1)NC1CCC(O)CC1. The summed E-state index contributed by atoms with van der Waals surface area (Å²) in [6, 6.07) is 9.32. The molecule has 0 unspecified atom stereocenters. The van der Waals surface area contributed by atoms with Crippen molar-refractivity contribution >= 4 is 5.96 Å². The lowest BCUT2D eigenvalue weighted by atomic mass is 9.93. The molecule has 5 nitrogen and oxygen atoms in total. The van der Waals surface area contributed by atoms with Crippen LogP contribution in [0, 0.1) is 0 Å².